The van der Waals surface area contributed by atoms with Gasteiger partial charge in [0, 0.05) is 10.6 Å². The van der Waals surface area contributed by atoms with Crippen molar-refractivity contribution in [1.29, 1.82) is 0 Å². The van der Waals surface area contributed by atoms with Gasteiger partial charge in [-0.05, 0) is 30.3 Å². The Morgan fingerprint density at radius 3 is 2.43 bits per heavy atom. The van der Waals surface area contributed by atoms with Crippen LogP contribution < -0.4 is 9.47 Å². The van der Waals surface area contributed by atoms with Crippen molar-refractivity contribution >= 4 is 29.4 Å². The lowest BCUT2D eigenvalue weighted by Crippen LogP contribution is -2.10. The molecule has 0 amide bonds. The summed E-state index contributed by atoms with van der Waals surface area (Å²) < 4.78 is 11.1. The van der Waals surface area contributed by atoms with E-state index in [9.17, 15) is 0 Å². The van der Waals surface area contributed by atoms with E-state index >= 15 is 0 Å². The summed E-state index contributed by atoms with van der Waals surface area (Å²) in [5, 5.41) is 12.6. The molecule has 0 fully saturated rings. The van der Waals surface area contributed by atoms with Crippen LogP contribution in [0.2, 0.25) is 10.0 Å². The van der Waals surface area contributed by atoms with Gasteiger partial charge in [-0.3, -0.25) is 0 Å². The summed E-state index contributed by atoms with van der Waals surface area (Å²) in [6.45, 7) is 0.654. The summed E-state index contributed by atoms with van der Waals surface area (Å²) in [4.78, 5) is 0. The molecule has 0 unspecified atom stereocenters. The molecule has 0 aliphatic rings. The molecule has 0 saturated heterocycles. The Bertz CT molecular complexity index is 632. The minimum Gasteiger partial charge on any atom is -0.489 e. The number of benzene rings is 2. The topological polar surface area (TPSA) is 51.1 Å². The van der Waals surface area contributed by atoms with Crippen LogP contribution in [-0.4, -0.2) is 24.6 Å². The van der Waals surface area contributed by atoms with Gasteiger partial charge in [0.25, 0.3) is 0 Å². The quantitative estimate of drug-likeness (QED) is 0.373. The predicted molar refractivity (Wildman–Crippen MR) is 83.3 cm³/mol. The highest BCUT2D eigenvalue weighted by Gasteiger charge is 2.04. The monoisotopic (exact) mass is 325 g/mol. The molecule has 2 rings (SSSR count). The minimum atomic E-state index is 0.325. The Morgan fingerprint density at radius 1 is 1.00 bits per heavy atom. The maximum atomic E-state index is 8.58. The van der Waals surface area contributed by atoms with Gasteiger partial charge >= 0.3 is 0 Å². The third-order valence-electron chi connectivity index (χ3n) is 2.61. The van der Waals surface area contributed by atoms with Gasteiger partial charge in [-0.15, -0.1) is 0 Å². The number of oxime groups is 1. The van der Waals surface area contributed by atoms with E-state index in [1.54, 1.807) is 30.3 Å². The van der Waals surface area contributed by atoms with Crippen molar-refractivity contribution in [3.05, 3.63) is 58.1 Å². The molecule has 1 N–H and O–H groups in total. The molecule has 0 bridgehead atoms. The molecule has 0 atom stereocenters. The molecule has 0 spiro atoms. The van der Waals surface area contributed by atoms with Crippen LogP contribution in [0.1, 0.15) is 5.56 Å². The van der Waals surface area contributed by atoms with Gasteiger partial charge in [0.2, 0.25) is 0 Å². The summed E-state index contributed by atoms with van der Waals surface area (Å²) in [7, 11) is 0. The summed E-state index contributed by atoms with van der Waals surface area (Å²) >= 11 is 11.8. The molecule has 0 aliphatic carbocycles. The maximum Gasteiger partial charge on any atom is 0.138 e. The third kappa shape index (κ3) is 4.55. The highest BCUT2D eigenvalue weighted by atomic mass is 35.5. The first-order valence-electron chi connectivity index (χ1n) is 6.18. The standard InChI is InChI=1S/C15H13Cl2NO3/c16-12-5-6-15(13(17)9-12)21-8-7-20-14-4-2-1-3-11(14)10-18-19/h1-6,9-10,19H,7-8H2/b18-10+. The van der Waals surface area contributed by atoms with E-state index in [1.165, 1.54) is 6.21 Å². The second-order valence-electron chi connectivity index (χ2n) is 4.05. The second-order valence-corrected chi connectivity index (χ2v) is 4.90. The van der Waals surface area contributed by atoms with E-state index in [4.69, 9.17) is 37.9 Å². The normalized spacial score (nSPS) is 10.8. The summed E-state index contributed by atoms with van der Waals surface area (Å²) in [6, 6.07) is 12.3. The second kappa shape index (κ2) is 7.76. The van der Waals surface area contributed by atoms with Crippen LogP contribution in [0.3, 0.4) is 0 Å². The highest BCUT2D eigenvalue weighted by Crippen LogP contribution is 2.27. The first kappa shape index (κ1) is 15.5. The molecule has 2 aromatic carbocycles. The molecular weight excluding hydrogens is 313 g/mol. The van der Waals surface area contributed by atoms with Crippen LogP contribution in [0, 0.1) is 0 Å². The lowest BCUT2D eigenvalue weighted by Gasteiger charge is -2.11. The fourth-order valence-electron chi connectivity index (χ4n) is 1.68. The van der Waals surface area contributed by atoms with Gasteiger partial charge in [0.1, 0.15) is 24.7 Å². The van der Waals surface area contributed by atoms with E-state index in [1.807, 2.05) is 12.1 Å². The molecule has 4 nitrogen and oxygen atoms in total. The van der Waals surface area contributed by atoms with E-state index in [-0.39, 0.29) is 0 Å². The van der Waals surface area contributed by atoms with Crippen molar-refractivity contribution < 1.29 is 14.7 Å². The number of nitrogens with zero attached hydrogens (tertiary/aromatic N) is 1. The first-order valence-corrected chi connectivity index (χ1v) is 6.93. The van der Waals surface area contributed by atoms with E-state index in [0.29, 0.717) is 40.3 Å². The average molecular weight is 326 g/mol. The van der Waals surface area contributed by atoms with Crippen LogP contribution in [0.25, 0.3) is 0 Å². The zero-order valence-electron chi connectivity index (χ0n) is 11.0. The Labute approximate surface area is 132 Å². The van der Waals surface area contributed by atoms with Gasteiger partial charge < -0.3 is 14.7 Å². The van der Waals surface area contributed by atoms with E-state index < -0.39 is 0 Å². The minimum absolute atomic E-state index is 0.325. The SMILES string of the molecule is O/N=C/c1ccccc1OCCOc1ccc(Cl)cc1Cl. The molecular formula is C15H13Cl2NO3. The Kier molecular flexibility index (Phi) is 5.72. The van der Waals surface area contributed by atoms with Crippen molar-refractivity contribution in [2.24, 2.45) is 5.16 Å². The summed E-state index contributed by atoms with van der Waals surface area (Å²) in [5.41, 5.74) is 0.685. The molecule has 0 saturated carbocycles. The largest absolute Gasteiger partial charge is 0.489 e. The van der Waals surface area contributed by atoms with E-state index in [0.717, 1.165) is 0 Å². The highest BCUT2D eigenvalue weighted by molar-refractivity contribution is 6.35. The van der Waals surface area contributed by atoms with Crippen molar-refractivity contribution in [3.63, 3.8) is 0 Å². The molecule has 6 heteroatoms. The summed E-state index contributed by atoms with van der Waals surface area (Å²) in [6.07, 6.45) is 1.31. The smallest absolute Gasteiger partial charge is 0.138 e. The molecule has 21 heavy (non-hydrogen) atoms. The van der Waals surface area contributed by atoms with Crippen molar-refractivity contribution in [2.45, 2.75) is 0 Å². The fraction of sp³-hybridized carbons (Fsp3) is 0.133. The lowest BCUT2D eigenvalue weighted by atomic mass is 10.2. The molecule has 0 radical (unpaired) electrons. The van der Waals surface area contributed by atoms with Gasteiger partial charge in [-0.2, -0.15) is 0 Å². The van der Waals surface area contributed by atoms with Gasteiger partial charge in [-0.1, -0.05) is 40.5 Å². The Hall–Kier alpha value is -1.91. The third-order valence-corrected chi connectivity index (χ3v) is 3.14. The number of hydrogen-bond acceptors (Lipinski definition) is 4. The number of rotatable bonds is 6. The van der Waals surface area contributed by atoms with Crippen molar-refractivity contribution in [3.8, 4) is 11.5 Å². The molecule has 0 aliphatic heterocycles. The number of ether oxygens (including phenoxy) is 2. The van der Waals surface area contributed by atoms with Crippen LogP contribution in [0.15, 0.2) is 47.6 Å². The number of halogens is 2. The molecule has 2 aromatic rings. The van der Waals surface area contributed by atoms with Crippen LogP contribution >= 0.6 is 23.2 Å². The molecule has 0 heterocycles. The number of hydrogen-bond donors (Lipinski definition) is 1. The van der Waals surface area contributed by atoms with E-state index in [2.05, 4.69) is 5.16 Å². The lowest BCUT2D eigenvalue weighted by molar-refractivity contribution is 0.217. The molecule has 0 aromatic heterocycles. The van der Waals surface area contributed by atoms with Gasteiger partial charge in [-0.25, -0.2) is 0 Å². The average Bonchev–Trinajstić information content (AvgIpc) is 2.47. The Balaban J connectivity index is 1.87. The zero-order chi connectivity index (χ0) is 15.1. The van der Waals surface area contributed by atoms with Crippen molar-refractivity contribution in [1.82, 2.24) is 0 Å². The Morgan fingerprint density at radius 2 is 1.71 bits per heavy atom. The maximum absolute atomic E-state index is 8.58. The number of para-hydroxylation sites is 1. The zero-order valence-corrected chi connectivity index (χ0v) is 12.5. The predicted octanol–water partition coefficient (Wildman–Crippen LogP) is 4.26. The van der Waals surface area contributed by atoms with Crippen LogP contribution in [0.4, 0.5) is 0 Å². The van der Waals surface area contributed by atoms with Crippen molar-refractivity contribution in [2.75, 3.05) is 13.2 Å². The summed E-state index contributed by atoms with van der Waals surface area (Å²) in [5.74, 6) is 1.16. The fourth-order valence-corrected chi connectivity index (χ4v) is 2.14. The first-order chi connectivity index (χ1) is 10.2. The van der Waals surface area contributed by atoms with Crippen LogP contribution in [0.5, 0.6) is 11.5 Å². The van der Waals surface area contributed by atoms with Gasteiger partial charge in [0.05, 0.1) is 11.2 Å². The molecule has 110 valence electrons. The van der Waals surface area contributed by atoms with Crippen LogP contribution in [-0.2, 0) is 0 Å². The van der Waals surface area contributed by atoms with Gasteiger partial charge in [0.15, 0.2) is 0 Å².